The lowest BCUT2D eigenvalue weighted by Crippen LogP contribution is -2.10. The van der Waals surface area contributed by atoms with Gasteiger partial charge in [0.1, 0.15) is 11.2 Å². The zero-order chi connectivity index (χ0) is 29.0. The fourth-order valence-corrected chi connectivity index (χ4v) is 6.82. The Morgan fingerprint density at radius 2 is 0.932 bits per heavy atom. The van der Waals surface area contributed by atoms with Crippen LogP contribution in [-0.4, -0.2) is 0 Å². The third-order valence-corrected chi connectivity index (χ3v) is 8.82. The number of para-hydroxylation sites is 1. The summed E-state index contributed by atoms with van der Waals surface area (Å²) < 4.78 is 6.49. The molecule has 8 aromatic carbocycles. The maximum atomic E-state index is 6.49. The van der Waals surface area contributed by atoms with Crippen LogP contribution >= 0.6 is 0 Å². The molecule has 0 saturated carbocycles. The lowest BCUT2D eigenvalue weighted by molar-refractivity contribution is 0.669. The minimum absolute atomic E-state index is 0.911. The molecule has 44 heavy (non-hydrogen) atoms. The van der Waals surface area contributed by atoms with Crippen LogP contribution in [0.1, 0.15) is 0 Å². The van der Waals surface area contributed by atoms with Gasteiger partial charge in [-0.25, -0.2) is 0 Å². The van der Waals surface area contributed by atoms with E-state index in [1.807, 2.05) is 0 Å². The Hall–Kier alpha value is -5.86. The third-order valence-electron chi connectivity index (χ3n) is 8.82. The zero-order valence-corrected chi connectivity index (χ0v) is 23.9. The van der Waals surface area contributed by atoms with Gasteiger partial charge in [0.2, 0.25) is 0 Å². The highest BCUT2D eigenvalue weighted by Crippen LogP contribution is 2.49. The van der Waals surface area contributed by atoms with E-state index in [-0.39, 0.29) is 0 Å². The van der Waals surface area contributed by atoms with Gasteiger partial charge in [0.25, 0.3) is 0 Å². The predicted octanol–water partition coefficient (Wildman–Crippen LogP) is 12.1. The molecule has 0 spiro atoms. The zero-order valence-electron chi connectivity index (χ0n) is 23.9. The van der Waals surface area contributed by atoms with Crippen molar-refractivity contribution in [3.63, 3.8) is 0 Å². The van der Waals surface area contributed by atoms with Crippen LogP contribution in [0.2, 0.25) is 0 Å². The quantitative estimate of drug-likeness (QED) is 0.194. The van der Waals surface area contributed by atoms with E-state index in [1.165, 1.54) is 54.6 Å². The van der Waals surface area contributed by atoms with Gasteiger partial charge in [0.15, 0.2) is 0 Å². The fourth-order valence-electron chi connectivity index (χ4n) is 6.82. The van der Waals surface area contributed by atoms with Crippen molar-refractivity contribution in [2.75, 3.05) is 4.90 Å². The largest absolute Gasteiger partial charge is 0.456 e. The molecule has 0 unspecified atom stereocenters. The Bertz CT molecular complexity index is 2410. The highest BCUT2D eigenvalue weighted by atomic mass is 16.3. The molecule has 2 nitrogen and oxygen atoms in total. The summed E-state index contributed by atoms with van der Waals surface area (Å²) in [5.74, 6) is 0. The van der Waals surface area contributed by atoms with Gasteiger partial charge in [-0.1, -0.05) is 115 Å². The third kappa shape index (κ3) is 3.82. The molecular formula is C42H27NO. The molecule has 0 saturated heterocycles. The summed E-state index contributed by atoms with van der Waals surface area (Å²) in [5.41, 5.74) is 9.98. The summed E-state index contributed by atoms with van der Waals surface area (Å²) in [4.78, 5) is 2.38. The minimum atomic E-state index is 0.911. The molecular weight excluding hydrogens is 534 g/mol. The van der Waals surface area contributed by atoms with Gasteiger partial charge in [-0.2, -0.15) is 0 Å². The van der Waals surface area contributed by atoms with Gasteiger partial charge in [0.05, 0.1) is 5.69 Å². The van der Waals surface area contributed by atoms with Crippen molar-refractivity contribution < 1.29 is 4.42 Å². The van der Waals surface area contributed by atoms with Gasteiger partial charge in [0, 0.05) is 27.5 Å². The van der Waals surface area contributed by atoms with E-state index in [0.29, 0.717) is 0 Å². The summed E-state index contributed by atoms with van der Waals surface area (Å²) in [6.45, 7) is 0. The van der Waals surface area contributed by atoms with Crippen molar-refractivity contribution in [3.8, 4) is 22.3 Å². The first-order chi connectivity index (χ1) is 21.8. The van der Waals surface area contributed by atoms with Crippen molar-refractivity contribution >= 4 is 60.5 Å². The van der Waals surface area contributed by atoms with E-state index in [9.17, 15) is 0 Å². The van der Waals surface area contributed by atoms with Crippen molar-refractivity contribution in [2.45, 2.75) is 0 Å². The molecule has 0 N–H and O–H groups in total. The van der Waals surface area contributed by atoms with Crippen molar-refractivity contribution in [1.82, 2.24) is 0 Å². The lowest BCUT2D eigenvalue weighted by Gasteiger charge is -2.27. The van der Waals surface area contributed by atoms with Crippen LogP contribution in [0.15, 0.2) is 168 Å². The summed E-state index contributed by atoms with van der Waals surface area (Å²) in [5, 5.41) is 7.22. The topological polar surface area (TPSA) is 16.4 Å². The molecule has 2 heteroatoms. The predicted molar refractivity (Wildman–Crippen MR) is 185 cm³/mol. The van der Waals surface area contributed by atoms with Crippen LogP contribution in [0.4, 0.5) is 17.1 Å². The Morgan fingerprint density at radius 1 is 0.341 bits per heavy atom. The molecule has 0 aliphatic rings. The average molecular weight is 562 g/mol. The molecule has 0 amide bonds. The summed E-state index contributed by atoms with van der Waals surface area (Å²) in [7, 11) is 0. The van der Waals surface area contributed by atoms with Gasteiger partial charge in [-0.15, -0.1) is 0 Å². The van der Waals surface area contributed by atoms with E-state index in [0.717, 1.165) is 28.2 Å². The average Bonchev–Trinajstić information content (AvgIpc) is 3.49. The van der Waals surface area contributed by atoms with Gasteiger partial charge in [-0.05, 0) is 86.9 Å². The van der Waals surface area contributed by atoms with Crippen molar-refractivity contribution in [1.29, 1.82) is 0 Å². The van der Waals surface area contributed by atoms with Crippen LogP contribution < -0.4 is 4.90 Å². The summed E-state index contributed by atoms with van der Waals surface area (Å²) in [6.07, 6.45) is 0. The molecule has 206 valence electrons. The number of furan rings is 1. The molecule has 0 bridgehead atoms. The summed E-state index contributed by atoms with van der Waals surface area (Å²) in [6, 6.07) is 58.4. The summed E-state index contributed by atoms with van der Waals surface area (Å²) >= 11 is 0. The van der Waals surface area contributed by atoms with Crippen LogP contribution in [0.5, 0.6) is 0 Å². The highest BCUT2D eigenvalue weighted by Gasteiger charge is 2.23. The number of anilines is 3. The molecule has 0 aliphatic heterocycles. The standard InChI is InChI=1S/C42H27NO/c1-4-11-28(12-5-1)30-19-22-33(23-20-30)43(32-15-8-3-9-16-32)37-25-26-39-42-40(37)36-27-31(29-13-6-2-7-14-29)21-24-34(36)35-17-10-18-38(44-39)41(35)42/h1-27H. The second-order valence-corrected chi connectivity index (χ2v) is 11.3. The Morgan fingerprint density at radius 3 is 1.66 bits per heavy atom. The number of benzene rings is 8. The molecule has 0 radical (unpaired) electrons. The Balaban J connectivity index is 1.37. The second kappa shape index (κ2) is 9.86. The van der Waals surface area contributed by atoms with E-state index in [4.69, 9.17) is 4.42 Å². The van der Waals surface area contributed by atoms with Crippen LogP contribution in [-0.2, 0) is 0 Å². The van der Waals surface area contributed by atoms with Crippen LogP contribution in [0, 0.1) is 0 Å². The van der Waals surface area contributed by atoms with Gasteiger partial charge in [-0.3, -0.25) is 0 Å². The molecule has 0 fully saturated rings. The van der Waals surface area contributed by atoms with Crippen molar-refractivity contribution in [3.05, 3.63) is 164 Å². The van der Waals surface area contributed by atoms with Crippen molar-refractivity contribution in [2.24, 2.45) is 0 Å². The number of nitrogens with zero attached hydrogens (tertiary/aromatic N) is 1. The lowest BCUT2D eigenvalue weighted by atomic mass is 9.91. The van der Waals surface area contributed by atoms with E-state index < -0.39 is 0 Å². The minimum Gasteiger partial charge on any atom is -0.456 e. The first-order valence-corrected chi connectivity index (χ1v) is 15.0. The van der Waals surface area contributed by atoms with E-state index in [2.05, 4.69) is 169 Å². The normalized spacial score (nSPS) is 11.6. The van der Waals surface area contributed by atoms with E-state index in [1.54, 1.807) is 0 Å². The Kier molecular flexibility index (Phi) is 5.54. The maximum Gasteiger partial charge on any atom is 0.136 e. The fraction of sp³-hybridized carbons (Fsp3) is 0. The number of rotatable bonds is 5. The first-order valence-electron chi connectivity index (χ1n) is 15.0. The SMILES string of the molecule is c1ccc(-c2ccc(N(c3ccccc3)c3ccc4oc5cccc6c7ccc(-c8ccccc8)cc7c3c4c56)cc2)cc1. The first kappa shape index (κ1) is 24.7. The smallest absolute Gasteiger partial charge is 0.136 e. The number of fused-ring (bicyclic) bond motifs is 3. The second-order valence-electron chi connectivity index (χ2n) is 11.3. The van der Waals surface area contributed by atoms with Gasteiger partial charge >= 0.3 is 0 Å². The van der Waals surface area contributed by atoms with Crippen LogP contribution in [0.3, 0.4) is 0 Å². The van der Waals surface area contributed by atoms with E-state index >= 15 is 0 Å². The molecule has 0 atom stereocenters. The monoisotopic (exact) mass is 561 g/mol. The van der Waals surface area contributed by atoms with Gasteiger partial charge < -0.3 is 9.32 Å². The molecule has 9 aromatic rings. The maximum absolute atomic E-state index is 6.49. The number of hydrogen-bond donors (Lipinski definition) is 0. The molecule has 0 aliphatic carbocycles. The molecule has 1 aromatic heterocycles. The molecule has 9 rings (SSSR count). The Labute approximate surface area is 255 Å². The number of hydrogen-bond acceptors (Lipinski definition) is 2. The molecule has 1 heterocycles. The highest BCUT2D eigenvalue weighted by molar-refractivity contribution is 6.36. The van der Waals surface area contributed by atoms with Crippen LogP contribution in [0.25, 0.3) is 65.7 Å².